The largest absolute Gasteiger partial charge is 0.417 e. The second-order valence-corrected chi connectivity index (χ2v) is 10.5. The molecule has 7 nitrogen and oxygen atoms in total. The molecule has 3 rings (SSSR count). The van der Waals surface area contributed by atoms with E-state index in [2.05, 4.69) is 4.98 Å². The summed E-state index contributed by atoms with van der Waals surface area (Å²) in [5.41, 5.74) is -0.847. The molecule has 29 heavy (non-hydrogen) atoms. The van der Waals surface area contributed by atoms with Gasteiger partial charge in [-0.3, -0.25) is 0 Å². The fraction of sp³-hybridized carbons (Fsp3) is 0.353. The molecule has 0 spiro atoms. The van der Waals surface area contributed by atoms with Gasteiger partial charge in [0.05, 0.1) is 15.4 Å². The highest BCUT2D eigenvalue weighted by Crippen LogP contribution is 2.29. The van der Waals surface area contributed by atoms with Crippen LogP contribution in [0.5, 0.6) is 0 Å². The van der Waals surface area contributed by atoms with Crippen LogP contribution in [0.3, 0.4) is 0 Å². The van der Waals surface area contributed by atoms with Crippen LogP contribution in [0.25, 0.3) is 0 Å². The minimum absolute atomic E-state index is 0.0222. The molecule has 0 unspecified atom stereocenters. The first-order valence-electron chi connectivity index (χ1n) is 8.47. The number of alkyl halides is 3. The lowest BCUT2D eigenvalue weighted by atomic mass is 10.2. The van der Waals surface area contributed by atoms with Crippen molar-refractivity contribution in [2.75, 3.05) is 37.3 Å². The number of nitrogens with zero attached hydrogens (tertiary/aromatic N) is 3. The van der Waals surface area contributed by atoms with Crippen molar-refractivity contribution in [3.8, 4) is 0 Å². The molecule has 158 valence electrons. The van der Waals surface area contributed by atoms with Gasteiger partial charge < -0.3 is 4.90 Å². The van der Waals surface area contributed by atoms with Crippen molar-refractivity contribution in [2.45, 2.75) is 16.0 Å². The maximum absolute atomic E-state index is 12.8. The quantitative estimate of drug-likeness (QED) is 0.710. The van der Waals surface area contributed by atoms with E-state index in [4.69, 9.17) is 0 Å². The summed E-state index contributed by atoms with van der Waals surface area (Å²) in [6.45, 7) is 0.774. The van der Waals surface area contributed by atoms with E-state index in [1.807, 2.05) is 0 Å². The number of piperazine rings is 1. The molecule has 0 atom stereocenters. The number of sulfonamides is 1. The Bertz CT molecular complexity index is 1080. The average Bonchev–Trinajstić information content (AvgIpc) is 2.67. The van der Waals surface area contributed by atoms with Crippen molar-refractivity contribution >= 4 is 25.7 Å². The van der Waals surface area contributed by atoms with Gasteiger partial charge >= 0.3 is 6.18 Å². The molecule has 2 aromatic rings. The number of pyridine rings is 1. The van der Waals surface area contributed by atoms with Gasteiger partial charge in [0.2, 0.25) is 10.0 Å². The highest BCUT2D eigenvalue weighted by atomic mass is 32.2. The fourth-order valence-electron chi connectivity index (χ4n) is 2.91. The normalized spacial score (nSPS) is 16.8. The monoisotopic (exact) mass is 449 g/mol. The number of benzene rings is 1. The van der Waals surface area contributed by atoms with Gasteiger partial charge in [-0.1, -0.05) is 0 Å². The molecule has 1 aliphatic heterocycles. The van der Waals surface area contributed by atoms with Crippen LogP contribution < -0.4 is 4.90 Å². The van der Waals surface area contributed by atoms with Gasteiger partial charge in [-0.05, 0) is 36.4 Å². The molecular formula is C17H18F3N3O4S2. The molecule has 0 amide bonds. The van der Waals surface area contributed by atoms with Crippen molar-refractivity contribution < 1.29 is 30.0 Å². The van der Waals surface area contributed by atoms with E-state index in [1.165, 1.54) is 34.6 Å². The SMILES string of the molecule is CS(=O)(=O)c1ccc(S(=O)(=O)N2CCN(c3ccc(C(F)(F)F)cn3)CC2)cc1. The van der Waals surface area contributed by atoms with Crippen LogP contribution in [-0.2, 0) is 26.0 Å². The summed E-state index contributed by atoms with van der Waals surface area (Å²) >= 11 is 0. The molecule has 1 aliphatic rings. The Labute approximate surface area is 166 Å². The van der Waals surface area contributed by atoms with Crippen LogP contribution in [-0.4, -0.2) is 58.6 Å². The molecule has 0 bridgehead atoms. The summed E-state index contributed by atoms with van der Waals surface area (Å²) in [6.07, 6.45) is -2.68. The number of aromatic nitrogens is 1. The molecule has 0 aliphatic carbocycles. The highest BCUT2D eigenvalue weighted by molar-refractivity contribution is 7.90. The van der Waals surface area contributed by atoms with Crippen LogP contribution in [0.1, 0.15) is 5.56 Å². The van der Waals surface area contributed by atoms with Crippen LogP contribution >= 0.6 is 0 Å². The molecule has 12 heteroatoms. The van der Waals surface area contributed by atoms with Crippen LogP contribution in [0.4, 0.5) is 19.0 Å². The topological polar surface area (TPSA) is 87.6 Å². The van der Waals surface area contributed by atoms with Gasteiger partial charge in [0.25, 0.3) is 0 Å². The molecular weight excluding hydrogens is 431 g/mol. The van der Waals surface area contributed by atoms with E-state index >= 15 is 0 Å². The third kappa shape index (κ3) is 4.70. The second kappa shape index (κ2) is 7.58. The predicted octanol–water partition coefficient (Wildman–Crippen LogP) is 2.01. The van der Waals surface area contributed by atoms with Crippen molar-refractivity contribution in [2.24, 2.45) is 0 Å². The molecule has 1 saturated heterocycles. The zero-order valence-corrected chi connectivity index (χ0v) is 16.9. The maximum Gasteiger partial charge on any atom is 0.417 e. The van der Waals surface area contributed by atoms with Gasteiger partial charge in [-0.25, -0.2) is 21.8 Å². The van der Waals surface area contributed by atoms with Crippen molar-refractivity contribution in [3.05, 3.63) is 48.2 Å². The standard InChI is InChI=1S/C17H18F3N3O4S2/c1-28(24,25)14-3-5-15(6-4-14)29(26,27)23-10-8-22(9-11-23)16-7-2-13(12-21-16)17(18,19)20/h2-7,12H,8-11H2,1H3. The number of sulfone groups is 1. The zero-order valence-electron chi connectivity index (χ0n) is 15.3. The lowest BCUT2D eigenvalue weighted by Gasteiger charge is -2.34. The van der Waals surface area contributed by atoms with Crippen molar-refractivity contribution in [3.63, 3.8) is 0 Å². The number of anilines is 1. The number of hydrogen-bond acceptors (Lipinski definition) is 6. The first-order chi connectivity index (χ1) is 13.4. The molecule has 0 saturated carbocycles. The first-order valence-corrected chi connectivity index (χ1v) is 11.8. The van der Waals surface area contributed by atoms with E-state index in [-0.39, 0.29) is 36.0 Å². The van der Waals surface area contributed by atoms with Crippen LogP contribution in [0.15, 0.2) is 52.4 Å². The summed E-state index contributed by atoms with van der Waals surface area (Å²) in [5, 5.41) is 0. The highest BCUT2D eigenvalue weighted by Gasteiger charge is 2.32. The molecule has 2 heterocycles. The first kappa shape index (κ1) is 21.5. The third-order valence-electron chi connectivity index (χ3n) is 4.53. The summed E-state index contributed by atoms with van der Waals surface area (Å²) in [5.74, 6) is 0.340. The van der Waals surface area contributed by atoms with Gasteiger partial charge in [-0.15, -0.1) is 0 Å². The number of hydrogen-bond donors (Lipinski definition) is 0. The second-order valence-electron chi connectivity index (χ2n) is 6.54. The Hall–Kier alpha value is -2.18. The van der Waals surface area contributed by atoms with E-state index in [0.29, 0.717) is 5.82 Å². The Morgan fingerprint density at radius 2 is 1.41 bits per heavy atom. The minimum atomic E-state index is -4.47. The Morgan fingerprint density at radius 3 is 1.86 bits per heavy atom. The van der Waals surface area contributed by atoms with E-state index in [1.54, 1.807) is 4.90 Å². The molecule has 1 fully saturated rings. The van der Waals surface area contributed by atoms with E-state index < -0.39 is 31.6 Å². The van der Waals surface area contributed by atoms with E-state index in [9.17, 15) is 30.0 Å². The van der Waals surface area contributed by atoms with Gasteiger partial charge in [0, 0.05) is 38.6 Å². The lowest BCUT2D eigenvalue weighted by molar-refractivity contribution is -0.137. The molecule has 0 N–H and O–H groups in total. The molecule has 0 radical (unpaired) electrons. The Balaban J connectivity index is 1.69. The smallest absolute Gasteiger partial charge is 0.354 e. The van der Waals surface area contributed by atoms with Crippen molar-refractivity contribution in [1.82, 2.24) is 9.29 Å². The van der Waals surface area contributed by atoms with Gasteiger partial charge in [0.1, 0.15) is 5.82 Å². The Kier molecular flexibility index (Phi) is 5.62. The molecule has 1 aromatic heterocycles. The van der Waals surface area contributed by atoms with Gasteiger partial charge in [-0.2, -0.15) is 17.5 Å². The van der Waals surface area contributed by atoms with Crippen molar-refractivity contribution in [1.29, 1.82) is 0 Å². The predicted molar refractivity (Wildman–Crippen MR) is 99.8 cm³/mol. The number of rotatable bonds is 4. The Morgan fingerprint density at radius 1 is 0.862 bits per heavy atom. The van der Waals surface area contributed by atoms with E-state index in [0.717, 1.165) is 18.5 Å². The third-order valence-corrected chi connectivity index (χ3v) is 7.57. The maximum atomic E-state index is 12.8. The van der Waals surface area contributed by atoms with Gasteiger partial charge in [0.15, 0.2) is 9.84 Å². The molecule has 1 aromatic carbocycles. The minimum Gasteiger partial charge on any atom is -0.354 e. The zero-order chi connectivity index (χ0) is 21.4. The summed E-state index contributed by atoms with van der Waals surface area (Å²) < 4.78 is 87.7. The summed E-state index contributed by atoms with van der Waals surface area (Å²) in [4.78, 5) is 5.54. The summed E-state index contributed by atoms with van der Waals surface area (Å²) in [6, 6.07) is 7.17. The average molecular weight is 449 g/mol. The fourth-order valence-corrected chi connectivity index (χ4v) is 4.96. The number of halogens is 3. The lowest BCUT2D eigenvalue weighted by Crippen LogP contribution is -2.48. The van der Waals surface area contributed by atoms with Crippen LogP contribution in [0, 0.1) is 0 Å². The van der Waals surface area contributed by atoms with Crippen LogP contribution in [0.2, 0.25) is 0 Å². The summed E-state index contributed by atoms with van der Waals surface area (Å²) in [7, 11) is -7.25.